The van der Waals surface area contributed by atoms with Crippen LogP contribution in [-0.4, -0.2) is 21.2 Å². The summed E-state index contributed by atoms with van der Waals surface area (Å²) in [6, 6.07) is 7.15. The summed E-state index contributed by atoms with van der Waals surface area (Å²) in [6.45, 7) is 0. The molecule has 2 aliphatic rings. The molecule has 3 nitrogen and oxygen atoms in total. The number of furan rings is 1. The largest absolute Gasteiger partial charge is 0.457 e. The van der Waals surface area contributed by atoms with Crippen molar-refractivity contribution in [2.24, 2.45) is 0 Å². The molecule has 1 saturated heterocycles. The number of carbonyl (C=O) groups excluding carboxylic acids is 1. The van der Waals surface area contributed by atoms with E-state index in [-0.39, 0.29) is 11.9 Å². The number of nitrogens with zero attached hydrogens (tertiary/aromatic N) is 1. The van der Waals surface area contributed by atoms with Gasteiger partial charge >= 0.3 is 0 Å². The van der Waals surface area contributed by atoms with Crippen LogP contribution in [0.2, 0.25) is 0 Å². The highest BCUT2D eigenvalue weighted by Gasteiger charge is 2.37. The number of hydrogen-bond donors (Lipinski definition) is 0. The lowest BCUT2D eigenvalue weighted by Crippen LogP contribution is -2.38. The van der Waals surface area contributed by atoms with Gasteiger partial charge in [-0.25, -0.2) is 8.78 Å². The number of thiocarbonyl (C=S) groups is 1. The zero-order chi connectivity index (χ0) is 19.7. The highest BCUT2D eigenvalue weighted by atomic mass is 32.2. The number of carbonyl (C=O) groups is 1. The molecule has 0 unspecified atom stereocenters. The summed E-state index contributed by atoms with van der Waals surface area (Å²) >= 11 is 6.75. The Bertz CT molecular complexity index is 946. The molecule has 0 atom stereocenters. The Balaban J connectivity index is 1.54. The third kappa shape index (κ3) is 3.91. The summed E-state index contributed by atoms with van der Waals surface area (Å²) in [4.78, 5) is 15.2. The van der Waals surface area contributed by atoms with Crippen molar-refractivity contribution in [2.75, 3.05) is 0 Å². The second kappa shape index (κ2) is 8.17. The molecular formula is C21H19F2NO2S2. The standard InChI is InChI=1S/C21H19F2NO2S2/c22-16-9-7-13(11-17(16)23)18-10-8-15(26-18)12-19-20(25)24(21(27)28-19)14-5-3-1-2-4-6-14/h7-12,14H,1-6H2/b19-12-. The number of hydrogen-bond acceptors (Lipinski definition) is 4. The molecule has 0 N–H and O–H groups in total. The van der Waals surface area contributed by atoms with E-state index in [1.807, 2.05) is 0 Å². The molecular weight excluding hydrogens is 400 g/mol. The Kier molecular flexibility index (Phi) is 5.64. The van der Waals surface area contributed by atoms with Crippen LogP contribution in [0.15, 0.2) is 39.7 Å². The molecule has 1 aromatic heterocycles. The second-order valence-electron chi connectivity index (χ2n) is 7.03. The van der Waals surface area contributed by atoms with Crippen molar-refractivity contribution in [1.82, 2.24) is 4.90 Å². The van der Waals surface area contributed by atoms with Crippen molar-refractivity contribution in [3.63, 3.8) is 0 Å². The fourth-order valence-electron chi connectivity index (χ4n) is 3.67. The maximum Gasteiger partial charge on any atom is 0.266 e. The van der Waals surface area contributed by atoms with Crippen LogP contribution in [0, 0.1) is 11.6 Å². The van der Waals surface area contributed by atoms with Gasteiger partial charge in [0.1, 0.15) is 15.8 Å². The zero-order valence-corrected chi connectivity index (χ0v) is 16.8. The van der Waals surface area contributed by atoms with Crippen molar-refractivity contribution >= 4 is 40.3 Å². The Labute approximate surface area is 171 Å². The lowest BCUT2D eigenvalue weighted by Gasteiger charge is -2.25. The van der Waals surface area contributed by atoms with Crippen molar-refractivity contribution in [3.05, 3.63) is 52.6 Å². The van der Waals surface area contributed by atoms with E-state index in [1.54, 1.807) is 23.1 Å². The van der Waals surface area contributed by atoms with Gasteiger partial charge in [-0.1, -0.05) is 49.7 Å². The van der Waals surface area contributed by atoms with E-state index in [1.165, 1.54) is 30.7 Å². The molecule has 1 amide bonds. The van der Waals surface area contributed by atoms with Gasteiger partial charge in [0.05, 0.1) is 4.91 Å². The molecule has 0 bridgehead atoms. The van der Waals surface area contributed by atoms with E-state index < -0.39 is 11.6 Å². The Morgan fingerprint density at radius 2 is 1.82 bits per heavy atom. The molecule has 2 aromatic rings. The molecule has 1 aromatic carbocycles. The van der Waals surface area contributed by atoms with E-state index >= 15 is 0 Å². The minimum Gasteiger partial charge on any atom is -0.457 e. The molecule has 1 aliphatic heterocycles. The van der Waals surface area contributed by atoms with E-state index in [9.17, 15) is 13.6 Å². The van der Waals surface area contributed by atoms with E-state index in [2.05, 4.69) is 0 Å². The summed E-state index contributed by atoms with van der Waals surface area (Å²) in [5, 5.41) is 0. The van der Waals surface area contributed by atoms with Crippen LogP contribution in [0.3, 0.4) is 0 Å². The van der Waals surface area contributed by atoms with Crippen molar-refractivity contribution in [1.29, 1.82) is 0 Å². The van der Waals surface area contributed by atoms with Crippen LogP contribution >= 0.6 is 24.0 Å². The Morgan fingerprint density at radius 3 is 2.54 bits per heavy atom. The van der Waals surface area contributed by atoms with Crippen molar-refractivity contribution in [2.45, 2.75) is 44.6 Å². The monoisotopic (exact) mass is 419 g/mol. The first-order valence-corrected chi connectivity index (χ1v) is 10.6. The highest BCUT2D eigenvalue weighted by Crippen LogP contribution is 2.37. The minimum absolute atomic E-state index is 0.0762. The third-order valence-electron chi connectivity index (χ3n) is 5.12. The van der Waals surface area contributed by atoms with E-state index in [0.717, 1.165) is 37.8 Å². The van der Waals surface area contributed by atoms with Gasteiger partial charge in [-0.2, -0.15) is 0 Å². The summed E-state index contributed by atoms with van der Waals surface area (Å²) in [7, 11) is 0. The number of amides is 1. The zero-order valence-electron chi connectivity index (χ0n) is 15.1. The van der Waals surface area contributed by atoms with E-state index in [0.29, 0.717) is 26.3 Å². The Hall–Kier alpha value is -1.99. The predicted octanol–water partition coefficient (Wildman–Crippen LogP) is 6.15. The fraction of sp³-hybridized carbons (Fsp3) is 0.333. The smallest absolute Gasteiger partial charge is 0.266 e. The van der Waals surface area contributed by atoms with Crippen LogP contribution < -0.4 is 0 Å². The molecule has 1 saturated carbocycles. The topological polar surface area (TPSA) is 33.5 Å². The molecule has 28 heavy (non-hydrogen) atoms. The normalized spacial score (nSPS) is 20.2. The first-order chi connectivity index (χ1) is 13.5. The molecule has 1 aliphatic carbocycles. The van der Waals surface area contributed by atoms with Crippen LogP contribution in [-0.2, 0) is 4.79 Å². The number of benzene rings is 1. The van der Waals surface area contributed by atoms with Crippen LogP contribution in [0.5, 0.6) is 0 Å². The summed E-state index contributed by atoms with van der Waals surface area (Å²) < 4.78 is 32.9. The quantitative estimate of drug-likeness (QED) is 0.339. The van der Waals surface area contributed by atoms with Crippen LogP contribution in [0.25, 0.3) is 17.4 Å². The number of rotatable bonds is 3. The van der Waals surface area contributed by atoms with Crippen molar-refractivity contribution < 1.29 is 18.0 Å². The first kappa shape index (κ1) is 19.3. The first-order valence-electron chi connectivity index (χ1n) is 9.35. The molecule has 2 heterocycles. The average molecular weight is 420 g/mol. The molecule has 4 rings (SSSR count). The summed E-state index contributed by atoms with van der Waals surface area (Å²) in [5.41, 5.74) is 0.435. The van der Waals surface area contributed by atoms with Gasteiger partial charge in [-0.15, -0.1) is 0 Å². The molecule has 146 valence electrons. The lowest BCUT2D eigenvalue weighted by atomic mass is 10.1. The highest BCUT2D eigenvalue weighted by molar-refractivity contribution is 8.26. The van der Waals surface area contributed by atoms with Gasteiger partial charge in [0.25, 0.3) is 5.91 Å². The maximum absolute atomic E-state index is 13.4. The molecule has 0 radical (unpaired) electrons. The predicted molar refractivity (Wildman–Crippen MR) is 111 cm³/mol. The Morgan fingerprint density at radius 1 is 1.07 bits per heavy atom. The van der Waals surface area contributed by atoms with Crippen LogP contribution in [0.1, 0.15) is 44.3 Å². The molecule has 7 heteroatoms. The number of thioether (sulfide) groups is 1. The van der Waals surface area contributed by atoms with Crippen LogP contribution in [0.4, 0.5) is 8.78 Å². The van der Waals surface area contributed by atoms with Gasteiger partial charge in [-0.05, 0) is 43.2 Å². The SMILES string of the molecule is O=C1/C(=C/c2ccc(-c3ccc(F)c(F)c3)o2)SC(=S)N1C1CCCCCC1. The summed E-state index contributed by atoms with van der Waals surface area (Å²) in [6.07, 6.45) is 8.30. The average Bonchev–Trinajstić information content (AvgIpc) is 3.12. The van der Waals surface area contributed by atoms with Gasteiger partial charge in [0.15, 0.2) is 11.6 Å². The fourth-order valence-corrected chi connectivity index (χ4v) is 5.06. The van der Waals surface area contributed by atoms with Gasteiger partial charge in [0.2, 0.25) is 0 Å². The van der Waals surface area contributed by atoms with Gasteiger partial charge in [-0.3, -0.25) is 9.69 Å². The van der Waals surface area contributed by atoms with Crippen molar-refractivity contribution in [3.8, 4) is 11.3 Å². The molecule has 0 spiro atoms. The maximum atomic E-state index is 13.4. The third-order valence-corrected chi connectivity index (χ3v) is 6.45. The number of halogens is 2. The minimum atomic E-state index is -0.931. The van der Waals surface area contributed by atoms with E-state index in [4.69, 9.17) is 16.6 Å². The second-order valence-corrected chi connectivity index (χ2v) is 8.70. The summed E-state index contributed by atoms with van der Waals surface area (Å²) in [5.74, 6) is -1.03. The lowest BCUT2D eigenvalue weighted by molar-refractivity contribution is -0.123. The molecule has 2 fully saturated rings. The van der Waals surface area contributed by atoms with Gasteiger partial charge < -0.3 is 4.42 Å². The van der Waals surface area contributed by atoms with Gasteiger partial charge in [0, 0.05) is 17.7 Å².